The van der Waals surface area contributed by atoms with E-state index in [0.29, 0.717) is 11.4 Å². The minimum Gasteiger partial charge on any atom is -0.338 e. The van der Waals surface area contributed by atoms with Crippen LogP contribution in [0.5, 0.6) is 0 Å². The van der Waals surface area contributed by atoms with Gasteiger partial charge in [0.1, 0.15) is 0 Å². The lowest BCUT2D eigenvalue weighted by atomic mass is 10.2. The van der Waals surface area contributed by atoms with Gasteiger partial charge in [-0.15, -0.1) is 0 Å². The molecule has 2 aliphatic rings. The highest BCUT2D eigenvalue weighted by molar-refractivity contribution is 7.91. The summed E-state index contributed by atoms with van der Waals surface area (Å²) in [6.07, 6.45) is 3.64. The second-order valence-corrected chi connectivity index (χ2v) is 7.73. The number of carbonyl (C=O) groups excluding carboxylic acids is 1. The normalized spacial score (nSPS) is 23.0. The second-order valence-electron chi connectivity index (χ2n) is 5.70. The molecule has 1 amide bonds. The van der Waals surface area contributed by atoms with E-state index in [9.17, 15) is 13.2 Å². The molecule has 1 aromatic carbocycles. The van der Waals surface area contributed by atoms with E-state index in [1.165, 1.54) is 0 Å². The molecule has 0 bridgehead atoms. The first-order valence-electron chi connectivity index (χ1n) is 7.16. The Balaban J connectivity index is 1.74. The summed E-state index contributed by atoms with van der Waals surface area (Å²) in [6.45, 7) is 0.713. The Bertz CT molecular complexity index is 593. The highest BCUT2D eigenvalue weighted by Crippen LogP contribution is 2.34. The molecule has 1 aromatic rings. The molecule has 1 atom stereocenters. The van der Waals surface area contributed by atoms with Crippen molar-refractivity contribution in [2.24, 2.45) is 5.92 Å². The molecule has 1 saturated carbocycles. The van der Waals surface area contributed by atoms with Crippen LogP contribution in [0, 0.1) is 5.92 Å². The van der Waals surface area contributed by atoms with Crippen LogP contribution in [0.2, 0.25) is 0 Å². The smallest absolute Gasteiger partial charge is 0.225 e. The zero-order valence-corrected chi connectivity index (χ0v) is 12.2. The lowest BCUT2D eigenvalue weighted by molar-refractivity contribution is -0.132. The Morgan fingerprint density at radius 3 is 2.50 bits per heavy atom. The Kier molecular flexibility index (Phi) is 3.54. The van der Waals surface area contributed by atoms with Crippen LogP contribution in [0.15, 0.2) is 35.2 Å². The van der Waals surface area contributed by atoms with Crippen molar-refractivity contribution in [3.8, 4) is 0 Å². The average Bonchev–Trinajstić information content (AvgIpc) is 3.20. The summed E-state index contributed by atoms with van der Waals surface area (Å²) >= 11 is 0. The molecule has 4 nitrogen and oxygen atoms in total. The molecule has 3 rings (SSSR count). The monoisotopic (exact) mass is 293 g/mol. The summed E-state index contributed by atoms with van der Waals surface area (Å²) in [5.41, 5.74) is 0. The predicted octanol–water partition coefficient (Wildman–Crippen LogP) is 1.86. The molecule has 1 saturated heterocycles. The van der Waals surface area contributed by atoms with E-state index in [0.717, 1.165) is 25.7 Å². The fraction of sp³-hybridized carbons (Fsp3) is 0.533. The Morgan fingerprint density at radius 1 is 1.15 bits per heavy atom. The highest BCUT2D eigenvalue weighted by atomic mass is 32.2. The lowest BCUT2D eigenvalue weighted by Crippen LogP contribution is -2.40. The molecular weight excluding hydrogens is 274 g/mol. The van der Waals surface area contributed by atoms with Crippen LogP contribution < -0.4 is 0 Å². The van der Waals surface area contributed by atoms with Gasteiger partial charge in [-0.25, -0.2) is 8.42 Å². The number of nitrogens with zero attached hydrogens (tertiary/aromatic N) is 1. The SMILES string of the molecule is O=C(C1CC1)N1CCCC1CS(=O)(=O)c1ccccc1. The minimum absolute atomic E-state index is 0.0511. The number of likely N-dealkylation sites (tertiary alicyclic amines) is 1. The maximum Gasteiger partial charge on any atom is 0.225 e. The molecule has 1 heterocycles. The van der Waals surface area contributed by atoms with E-state index in [2.05, 4.69) is 0 Å². The summed E-state index contributed by atoms with van der Waals surface area (Å²) in [5.74, 6) is 0.376. The first-order valence-corrected chi connectivity index (χ1v) is 8.81. The van der Waals surface area contributed by atoms with Gasteiger partial charge in [0.25, 0.3) is 0 Å². The number of amides is 1. The van der Waals surface area contributed by atoms with Crippen molar-refractivity contribution in [2.45, 2.75) is 36.6 Å². The lowest BCUT2D eigenvalue weighted by Gasteiger charge is -2.24. The Morgan fingerprint density at radius 2 is 1.85 bits per heavy atom. The van der Waals surface area contributed by atoms with Gasteiger partial charge in [-0.3, -0.25) is 4.79 Å². The molecule has 1 aliphatic carbocycles. The minimum atomic E-state index is -3.31. The van der Waals surface area contributed by atoms with Crippen LogP contribution in [0.4, 0.5) is 0 Å². The van der Waals surface area contributed by atoms with Crippen LogP contribution in [0.3, 0.4) is 0 Å². The van der Waals surface area contributed by atoms with Crippen LogP contribution in [-0.4, -0.2) is 37.6 Å². The molecular formula is C15H19NO3S. The molecule has 0 spiro atoms. The Labute approximate surface area is 119 Å². The van der Waals surface area contributed by atoms with Crippen molar-refractivity contribution in [3.05, 3.63) is 30.3 Å². The molecule has 1 aliphatic heterocycles. The van der Waals surface area contributed by atoms with E-state index < -0.39 is 9.84 Å². The fourth-order valence-electron chi connectivity index (χ4n) is 2.84. The third kappa shape index (κ3) is 2.73. The van der Waals surface area contributed by atoms with E-state index in [1.54, 1.807) is 35.2 Å². The molecule has 1 unspecified atom stereocenters. The van der Waals surface area contributed by atoms with E-state index in [4.69, 9.17) is 0 Å². The van der Waals surface area contributed by atoms with Gasteiger partial charge >= 0.3 is 0 Å². The van der Waals surface area contributed by atoms with Gasteiger partial charge in [-0.1, -0.05) is 18.2 Å². The third-order valence-corrected chi connectivity index (χ3v) is 5.91. The van der Waals surface area contributed by atoms with Crippen molar-refractivity contribution < 1.29 is 13.2 Å². The van der Waals surface area contributed by atoms with Crippen molar-refractivity contribution in [1.82, 2.24) is 4.90 Å². The molecule has 0 radical (unpaired) electrons. The second kappa shape index (κ2) is 5.20. The van der Waals surface area contributed by atoms with Gasteiger partial charge < -0.3 is 4.90 Å². The first-order chi connectivity index (χ1) is 9.58. The number of sulfone groups is 1. The highest BCUT2D eigenvalue weighted by Gasteiger charge is 2.39. The van der Waals surface area contributed by atoms with Gasteiger partial charge in [0.15, 0.2) is 9.84 Å². The van der Waals surface area contributed by atoms with Crippen LogP contribution >= 0.6 is 0 Å². The van der Waals surface area contributed by atoms with Crippen molar-refractivity contribution in [2.75, 3.05) is 12.3 Å². The molecule has 5 heteroatoms. The zero-order chi connectivity index (χ0) is 14.2. The summed E-state index contributed by atoms with van der Waals surface area (Å²) < 4.78 is 24.8. The molecule has 108 valence electrons. The first kappa shape index (κ1) is 13.6. The molecule has 0 N–H and O–H groups in total. The number of hydrogen-bond acceptors (Lipinski definition) is 3. The molecule has 2 fully saturated rings. The molecule has 20 heavy (non-hydrogen) atoms. The summed E-state index contributed by atoms with van der Waals surface area (Å²) in [4.78, 5) is 14.3. The largest absolute Gasteiger partial charge is 0.338 e. The topological polar surface area (TPSA) is 54.5 Å². The number of carbonyl (C=O) groups is 1. The number of hydrogen-bond donors (Lipinski definition) is 0. The van der Waals surface area contributed by atoms with Gasteiger partial charge in [-0.2, -0.15) is 0 Å². The van der Waals surface area contributed by atoms with E-state index in [1.807, 2.05) is 0 Å². The maximum atomic E-state index is 12.4. The van der Waals surface area contributed by atoms with Crippen LogP contribution in [0.25, 0.3) is 0 Å². The van der Waals surface area contributed by atoms with Crippen molar-refractivity contribution in [3.63, 3.8) is 0 Å². The third-order valence-electron chi connectivity index (χ3n) is 4.10. The van der Waals surface area contributed by atoms with Gasteiger partial charge in [0, 0.05) is 18.5 Å². The quantitative estimate of drug-likeness (QED) is 0.851. The number of rotatable bonds is 4. The standard InChI is InChI=1S/C15H19NO3S/c17-15(12-8-9-12)16-10-4-5-13(16)11-20(18,19)14-6-2-1-3-7-14/h1-3,6-7,12-13H,4-5,8-11H2. The van der Waals surface area contributed by atoms with Crippen molar-refractivity contribution >= 4 is 15.7 Å². The summed E-state index contributed by atoms with van der Waals surface area (Å²) in [5, 5.41) is 0. The predicted molar refractivity (Wildman–Crippen MR) is 76.0 cm³/mol. The van der Waals surface area contributed by atoms with Crippen molar-refractivity contribution in [1.29, 1.82) is 0 Å². The molecule has 0 aromatic heterocycles. The average molecular weight is 293 g/mol. The van der Waals surface area contributed by atoms with E-state index >= 15 is 0 Å². The van der Waals surface area contributed by atoms with Gasteiger partial charge in [0.05, 0.1) is 10.6 Å². The van der Waals surface area contributed by atoms with Crippen LogP contribution in [-0.2, 0) is 14.6 Å². The summed E-state index contributed by atoms with van der Waals surface area (Å²) in [6, 6.07) is 8.36. The van der Waals surface area contributed by atoms with Gasteiger partial charge in [0.2, 0.25) is 5.91 Å². The van der Waals surface area contributed by atoms with E-state index in [-0.39, 0.29) is 23.6 Å². The number of benzene rings is 1. The maximum absolute atomic E-state index is 12.4. The summed E-state index contributed by atoms with van der Waals surface area (Å²) in [7, 11) is -3.31. The van der Waals surface area contributed by atoms with Crippen LogP contribution in [0.1, 0.15) is 25.7 Å². The zero-order valence-electron chi connectivity index (χ0n) is 11.4. The fourth-order valence-corrected chi connectivity index (χ4v) is 4.46. The Hall–Kier alpha value is -1.36. The van der Waals surface area contributed by atoms with Gasteiger partial charge in [-0.05, 0) is 37.8 Å².